The molecule has 5 aliphatic carbocycles. The van der Waals surface area contributed by atoms with E-state index >= 15 is 0 Å². The van der Waals surface area contributed by atoms with Crippen LogP contribution < -0.4 is 0 Å². The maximum atomic E-state index is 12.7. The first-order chi connectivity index (χ1) is 16.7. The minimum absolute atomic E-state index is 0.0101. The van der Waals surface area contributed by atoms with E-state index in [0.717, 1.165) is 25.2 Å². The highest BCUT2D eigenvalue weighted by Gasteiger charge is 2.71. The molecule has 4 heteroatoms. The Morgan fingerprint density at radius 3 is 2.33 bits per heavy atom. The lowest BCUT2D eigenvalue weighted by Gasteiger charge is -2.72. The molecule has 2 N–H and O–H groups in total. The van der Waals surface area contributed by atoms with Gasteiger partial charge in [-0.15, -0.1) is 0 Å². The van der Waals surface area contributed by atoms with E-state index in [2.05, 4.69) is 54.5 Å². The van der Waals surface area contributed by atoms with Crippen LogP contribution in [0.25, 0.3) is 0 Å². The topological polar surface area (TPSA) is 66.8 Å². The van der Waals surface area contributed by atoms with Crippen LogP contribution in [0.5, 0.6) is 0 Å². The zero-order valence-electron chi connectivity index (χ0n) is 24.2. The zero-order valence-corrected chi connectivity index (χ0v) is 24.2. The van der Waals surface area contributed by atoms with E-state index in [1.807, 2.05) is 6.92 Å². The van der Waals surface area contributed by atoms with Crippen molar-refractivity contribution in [3.05, 3.63) is 11.6 Å². The molecule has 0 aliphatic heterocycles. The largest absolute Gasteiger partial charge is 0.481 e. The zero-order chi connectivity index (χ0) is 26.5. The fourth-order valence-corrected chi connectivity index (χ4v) is 11.2. The van der Waals surface area contributed by atoms with E-state index in [0.29, 0.717) is 30.3 Å². The van der Waals surface area contributed by atoms with Crippen molar-refractivity contribution in [2.24, 2.45) is 56.7 Å². The summed E-state index contributed by atoms with van der Waals surface area (Å²) in [7, 11) is 0. The number of allylic oxidation sites excluding steroid dienone is 1. The quantitative estimate of drug-likeness (QED) is 0.405. The van der Waals surface area contributed by atoms with Crippen molar-refractivity contribution in [2.75, 3.05) is 6.61 Å². The van der Waals surface area contributed by atoms with Gasteiger partial charge in [-0.3, -0.25) is 4.79 Å². The summed E-state index contributed by atoms with van der Waals surface area (Å²) >= 11 is 0. The van der Waals surface area contributed by atoms with Crippen LogP contribution in [0, 0.1) is 56.7 Å². The molecule has 12 atom stereocenters. The molecule has 0 saturated heterocycles. The second kappa shape index (κ2) is 8.31. The SMILES string of the molecule is CCO[C@@H]1C=C2[C@@H]3[C@@H](C)[C@H](C)CC[C@]3(C)CC[C@@]2(C)[C@]2(C)CC[C@@H]3[C@](C)(CC[C@@H](O)[C@]3(C)C(=O)O)[C@@H]12. The van der Waals surface area contributed by atoms with Crippen molar-refractivity contribution in [2.45, 2.75) is 119 Å². The van der Waals surface area contributed by atoms with Gasteiger partial charge in [-0.2, -0.15) is 0 Å². The lowest BCUT2D eigenvalue weighted by atomic mass is 9.33. The summed E-state index contributed by atoms with van der Waals surface area (Å²) in [4.78, 5) is 12.7. The molecule has 0 radical (unpaired) electrons. The number of aliphatic carboxylic acids is 1. The lowest BCUT2D eigenvalue weighted by Crippen LogP contribution is -2.69. The molecule has 204 valence electrons. The van der Waals surface area contributed by atoms with Crippen molar-refractivity contribution in [3.63, 3.8) is 0 Å². The Hall–Kier alpha value is -0.870. The summed E-state index contributed by atoms with van der Waals surface area (Å²) in [6, 6.07) is 0. The fraction of sp³-hybridized carbons (Fsp3) is 0.906. The number of hydrogen-bond acceptors (Lipinski definition) is 3. The number of aliphatic hydroxyl groups excluding tert-OH is 1. The summed E-state index contributed by atoms with van der Waals surface area (Å²) in [5, 5.41) is 21.4. The van der Waals surface area contributed by atoms with Crippen LogP contribution in [0.2, 0.25) is 0 Å². The molecular weight excluding hydrogens is 448 g/mol. The van der Waals surface area contributed by atoms with Crippen LogP contribution in [0.4, 0.5) is 0 Å². The minimum atomic E-state index is -1.10. The summed E-state index contributed by atoms with van der Waals surface area (Å²) in [6.45, 7) is 19.6. The Morgan fingerprint density at radius 1 is 1.00 bits per heavy atom. The molecule has 5 rings (SSSR count). The van der Waals surface area contributed by atoms with Gasteiger partial charge in [0.1, 0.15) is 0 Å². The van der Waals surface area contributed by atoms with E-state index in [-0.39, 0.29) is 34.2 Å². The van der Waals surface area contributed by atoms with Gasteiger partial charge in [0.25, 0.3) is 0 Å². The third-order valence-electron chi connectivity index (χ3n) is 13.8. The van der Waals surface area contributed by atoms with E-state index in [9.17, 15) is 15.0 Å². The van der Waals surface area contributed by atoms with Crippen molar-refractivity contribution in [3.8, 4) is 0 Å². The van der Waals surface area contributed by atoms with Crippen molar-refractivity contribution < 1.29 is 19.7 Å². The number of ether oxygens (including phenoxy) is 1. The van der Waals surface area contributed by atoms with Gasteiger partial charge in [0.15, 0.2) is 0 Å². The minimum Gasteiger partial charge on any atom is -0.481 e. The molecule has 0 amide bonds. The Morgan fingerprint density at radius 2 is 1.69 bits per heavy atom. The van der Waals surface area contributed by atoms with E-state index in [4.69, 9.17) is 4.74 Å². The van der Waals surface area contributed by atoms with E-state index in [1.54, 1.807) is 5.57 Å². The smallest absolute Gasteiger partial charge is 0.312 e. The van der Waals surface area contributed by atoms with Gasteiger partial charge in [-0.05, 0) is 111 Å². The van der Waals surface area contributed by atoms with E-state index < -0.39 is 17.5 Å². The third-order valence-corrected chi connectivity index (χ3v) is 13.8. The highest BCUT2D eigenvalue weighted by molar-refractivity contribution is 5.76. The van der Waals surface area contributed by atoms with Crippen molar-refractivity contribution in [1.82, 2.24) is 0 Å². The summed E-state index contributed by atoms with van der Waals surface area (Å²) in [6.07, 6.45) is 10.3. The monoisotopic (exact) mass is 500 g/mol. The van der Waals surface area contributed by atoms with Gasteiger partial charge in [0, 0.05) is 12.5 Å². The fourth-order valence-electron chi connectivity index (χ4n) is 11.2. The van der Waals surface area contributed by atoms with Crippen LogP contribution in [0.1, 0.15) is 107 Å². The standard InChI is InChI=1S/C32H52O4/c1-9-36-22-18-21-25-20(3)19(2)10-13-28(25,4)16-17-30(21,6)31(7)15-11-23-29(5,26(22)31)14-12-24(33)32(23,8)27(34)35/h18-20,22-26,33H,9-17H2,1-8H3,(H,34,35)/t19-,20+,22-,23-,24-,25+,26-,28-,29+,30-,31-,32-/m1/s1. The second-order valence-corrected chi connectivity index (χ2v) is 15.0. The van der Waals surface area contributed by atoms with Gasteiger partial charge in [0.2, 0.25) is 0 Å². The molecule has 0 heterocycles. The summed E-state index contributed by atoms with van der Waals surface area (Å²) in [5.41, 5.74) is 0.905. The van der Waals surface area contributed by atoms with Crippen molar-refractivity contribution in [1.29, 1.82) is 0 Å². The molecule has 0 aromatic heterocycles. The molecule has 0 aromatic rings. The Labute approximate surface area is 219 Å². The summed E-state index contributed by atoms with van der Waals surface area (Å²) < 4.78 is 6.67. The first-order valence-electron chi connectivity index (χ1n) is 15.0. The van der Waals surface area contributed by atoms with Gasteiger partial charge in [-0.1, -0.05) is 53.2 Å². The molecule has 36 heavy (non-hydrogen) atoms. The highest BCUT2D eigenvalue weighted by atomic mass is 16.5. The van der Waals surface area contributed by atoms with Crippen LogP contribution in [-0.4, -0.2) is 35.0 Å². The number of fused-ring (bicyclic) bond motifs is 7. The van der Waals surface area contributed by atoms with Crippen LogP contribution >= 0.6 is 0 Å². The maximum absolute atomic E-state index is 12.7. The number of carboxylic acids is 1. The number of carboxylic acid groups (broad SMARTS) is 1. The number of hydrogen-bond donors (Lipinski definition) is 2. The molecular formula is C32H52O4. The van der Waals surface area contributed by atoms with Gasteiger partial charge >= 0.3 is 5.97 Å². The van der Waals surface area contributed by atoms with Crippen LogP contribution in [0.3, 0.4) is 0 Å². The Balaban J connectivity index is 1.68. The predicted octanol–water partition coefficient (Wildman–Crippen LogP) is 7.10. The summed E-state index contributed by atoms with van der Waals surface area (Å²) in [5.74, 6) is 1.39. The van der Waals surface area contributed by atoms with Gasteiger partial charge < -0.3 is 14.9 Å². The van der Waals surface area contributed by atoms with Crippen LogP contribution in [-0.2, 0) is 9.53 Å². The molecule has 0 aromatic carbocycles. The van der Waals surface area contributed by atoms with E-state index in [1.165, 1.54) is 25.7 Å². The maximum Gasteiger partial charge on any atom is 0.312 e. The lowest BCUT2D eigenvalue weighted by molar-refractivity contribution is -0.237. The molecule has 0 bridgehead atoms. The number of rotatable bonds is 3. The third kappa shape index (κ3) is 3.15. The predicted molar refractivity (Wildman–Crippen MR) is 143 cm³/mol. The first kappa shape index (κ1) is 26.7. The molecule has 0 unspecified atom stereocenters. The molecule has 0 spiro atoms. The normalized spacial score (nSPS) is 56.5. The first-order valence-corrected chi connectivity index (χ1v) is 15.0. The van der Waals surface area contributed by atoms with Crippen molar-refractivity contribution >= 4 is 5.97 Å². The highest BCUT2D eigenvalue weighted by Crippen LogP contribution is 2.76. The molecule has 4 fully saturated rings. The average molecular weight is 501 g/mol. The number of aliphatic hydroxyl groups is 1. The number of carbonyl (C=O) groups is 1. The Bertz CT molecular complexity index is 942. The average Bonchev–Trinajstić information content (AvgIpc) is 2.81. The molecule has 4 saturated carbocycles. The van der Waals surface area contributed by atoms with Crippen LogP contribution in [0.15, 0.2) is 11.6 Å². The second-order valence-electron chi connectivity index (χ2n) is 15.0. The van der Waals surface area contributed by atoms with Gasteiger partial charge in [0.05, 0.1) is 17.6 Å². The molecule has 5 aliphatic rings. The Kier molecular flexibility index (Phi) is 6.17. The van der Waals surface area contributed by atoms with Gasteiger partial charge in [-0.25, -0.2) is 0 Å². The molecule has 4 nitrogen and oxygen atoms in total.